The first-order valence-corrected chi connectivity index (χ1v) is 7.05. The average molecular weight is 290 g/mol. The minimum absolute atomic E-state index is 0.189. The van der Waals surface area contributed by atoms with Crippen LogP contribution < -0.4 is 10.6 Å². The number of para-hydroxylation sites is 1. The quantitative estimate of drug-likeness (QED) is 0.907. The Morgan fingerprint density at radius 3 is 2.38 bits per heavy atom. The Balaban J connectivity index is 2.42. The predicted octanol–water partition coefficient (Wildman–Crippen LogP) is 3.80. The zero-order chi connectivity index (χ0) is 15.4. The van der Waals surface area contributed by atoms with Crippen molar-refractivity contribution in [1.29, 1.82) is 0 Å². The summed E-state index contributed by atoms with van der Waals surface area (Å²) < 4.78 is 26.6. The molecule has 112 valence electrons. The first kappa shape index (κ1) is 15.4. The van der Waals surface area contributed by atoms with E-state index in [1.165, 1.54) is 6.07 Å². The lowest BCUT2D eigenvalue weighted by Gasteiger charge is -2.33. The van der Waals surface area contributed by atoms with E-state index < -0.39 is 11.6 Å². The van der Waals surface area contributed by atoms with Gasteiger partial charge >= 0.3 is 0 Å². The number of nitrogens with zero attached hydrogens (tertiary/aromatic N) is 1. The molecule has 0 saturated carbocycles. The minimum Gasteiger partial charge on any atom is -0.363 e. The summed E-state index contributed by atoms with van der Waals surface area (Å²) in [7, 11) is 0. The van der Waals surface area contributed by atoms with Gasteiger partial charge in [0.15, 0.2) is 11.6 Å². The third kappa shape index (κ3) is 3.22. The molecule has 1 atom stereocenters. The molecule has 0 amide bonds. The fraction of sp³-hybridized carbons (Fsp3) is 0.294. The zero-order valence-electron chi connectivity index (χ0n) is 12.3. The number of halogens is 2. The fourth-order valence-corrected chi connectivity index (χ4v) is 2.61. The molecule has 0 saturated heterocycles. The molecule has 2 rings (SSSR count). The maximum atomic E-state index is 13.5. The highest BCUT2D eigenvalue weighted by molar-refractivity contribution is 5.55. The van der Waals surface area contributed by atoms with Gasteiger partial charge in [-0.05, 0) is 43.2 Å². The molecule has 0 aromatic heterocycles. The van der Waals surface area contributed by atoms with Crippen LogP contribution in [0.1, 0.15) is 24.1 Å². The van der Waals surface area contributed by atoms with Crippen LogP contribution >= 0.6 is 0 Å². The van der Waals surface area contributed by atoms with Gasteiger partial charge in [0.25, 0.3) is 0 Å². The van der Waals surface area contributed by atoms with Gasteiger partial charge in [0.1, 0.15) is 0 Å². The van der Waals surface area contributed by atoms with Crippen molar-refractivity contribution in [3.63, 3.8) is 0 Å². The van der Waals surface area contributed by atoms with Crippen LogP contribution in [0.3, 0.4) is 0 Å². The van der Waals surface area contributed by atoms with E-state index in [0.29, 0.717) is 12.1 Å². The van der Waals surface area contributed by atoms with Gasteiger partial charge in [-0.3, -0.25) is 0 Å². The normalized spacial score (nSPS) is 12.2. The number of likely N-dealkylation sites (N-methyl/N-ethyl adjacent to an activating group) is 1. The molecule has 0 heterocycles. The number of rotatable bonds is 5. The Bertz CT molecular complexity index is 613. The Kier molecular flexibility index (Phi) is 4.91. The summed E-state index contributed by atoms with van der Waals surface area (Å²) in [6.45, 7) is 5.10. The highest BCUT2D eigenvalue weighted by atomic mass is 19.2. The third-order valence-electron chi connectivity index (χ3n) is 3.69. The monoisotopic (exact) mass is 290 g/mol. The molecule has 0 radical (unpaired) electrons. The molecule has 0 aliphatic heterocycles. The van der Waals surface area contributed by atoms with Gasteiger partial charge in [-0.2, -0.15) is 0 Å². The van der Waals surface area contributed by atoms with E-state index in [1.807, 2.05) is 38.1 Å². The summed E-state index contributed by atoms with van der Waals surface area (Å²) in [4.78, 5) is 2.11. The minimum atomic E-state index is -0.841. The molecule has 21 heavy (non-hydrogen) atoms. The van der Waals surface area contributed by atoms with Crippen LogP contribution in [0.25, 0.3) is 0 Å². The summed E-state index contributed by atoms with van der Waals surface area (Å²) in [5.74, 6) is -1.68. The summed E-state index contributed by atoms with van der Waals surface area (Å²) in [6.07, 6.45) is 0. The standard InChI is InChI=1S/C17H20F2N2/c1-3-21(16-7-5-4-6-12(16)2)17(11-20)13-8-9-14(18)15(19)10-13/h4-10,17H,3,11,20H2,1-2H3. The molecule has 4 heteroatoms. The van der Waals surface area contributed by atoms with E-state index in [1.54, 1.807) is 6.07 Å². The fourth-order valence-electron chi connectivity index (χ4n) is 2.61. The lowest BCUT2D eigenvalue weighted by atomic mass is 10.0. The summed E-state index contributed by atoms with van der Waals surface area (Å²) in [6, 6.07) is 11.8. The van der Waals surface area contributed by atoms with E-state index in [0.717, 1.165) is 23.9 Å². The molecule has 2 aromatic carbocycles. The van der Waals surface area contributed by atoms with Crippen molar-refractivity contribution in [2.24, 2.45) is 5.73 Å². The van der Waals surface area contributed by atoms with Crippen molar-refractivity contribution in [2.45, 2.75) is 19.9 Å². The molecular weight excluding hydrogens is 270 g/mol. The molecule has 1 unspecified atom stereocenters. The molecule has 0 bridgehead atoms. The smallest absolute Gasteiger partial charge is 0.159 e. The number of aryl methyl sites for hydroxylation is 1. The largest absolute Gasteiger partial charge is 0.363 e. The number of anilines is 1. The number of hydrogen-bond donors (Lipinski definition) is 1. The van der Waals surface area contributed by atoms with Crippen molar-refractivity contribution in [3.8, 4) is 0 Å². The molecule has 0 fully saturated rings. The summed E-state index contributed by atoms with van der Waals surface area (Å²) >= 11 is 0. The maximum Gasteiger partial charge on any atom is 0.159 e. The Hall–Kier alpha value is -1.94. The first-order chi connectivity index (χ1) is 10.1. The molecule has 2 nitrogen and oxygen atoms in total. The van der Waals surface area contributed by atoms with Crippen LogP contribution in [-0.2, 0) is 0 Å². The summed E-state index contributed by atoms with van der Waals surface area (Å²) in [5.41, 5.74) is 8.76. The Morgan fingerprint density at radius 2 is 1.81 bits per heavy atom. The summed E-state index contributed by atoms with van der Waals surface area (Å²) in [5, 5.41) is 0. The predicted molar refractivity (Wildman–Crippen MR) is 82.4 cm³/mol. The molecular formula is C17H20F2N2. The second kappa shape index (κ2) is 6.68. The van der Waals surface area contributed by atoms with Crippen molar-refractivity contribution < 1.29 is 8.78 Å². The van der Waals surface area contributed by atoms with Gasteiger partial charge in [-0.1, -0.05) is 24.3 Å². The van der Waals surface area contributed by atoms with E-state index in [4.69, 9.17) is 5.73 Å². The van der Waals surface area contributed by atoms with Crippen LogP contribution in [0, 0.1) is 18.6 Å². The van der Waals surface area contributed by atoms with E-state index in [9.17, 15) is 8.78 Å². The van der Waals surface area contributed by atoms with Gasteiger partial charge in [0.05, 0.1) is 6.04 Å². The van der Waals surface area contributed by atoms with Gasteiger partial charge in [-0.15, -0.1) is 0 Å². The number of benzene rings is 2. The van der Waals surface area contributed by atoms with Crippen molar-refractivity contribution in [1.82, 2.24) is 0 Å². The number of nitrogens with two attached hydrogens (primary N) is 1. The molecule has 0 spiro atoms. The second-order valence-corrected chi connectivity index (χ2v) is 5.00. The van der Waals surface area contributed by atoms with Crippen LogP contribution in [0.4, 0.5) is 14.5 Å². The van der Waals surface area contributed by atoms with E-state index in [-0.39, 0.29) is 6.04 Å². The van der Waals surface area contributed by atoms with Gasteiger partial charge < -0.3 is 10.6 Å². The van der Waals surface area contributed by atoms with Crippen LogP contribution in [0.15, 0.2) is 42.5 Å². The SMILES string of the molecule is CCN(c1ccccc1C)C(CN)c1ccc(F)c(F)c1. The van der Waals surface area contributed by atoms with E-state index in [2.05, 4.69) is 4.90 Å². The molecule has 0 aliphatic carbocycles. The number of hydrogen-bond acceptors (Lipinski definition) is 2. The highest BCUT2D eigenvalue weighted by Gasteiger charge is 2.20. The van der Waals surface area contributed by atoms with Crippen LogP contribution in [0.2, 0.25) is 0 Å². The topological polar surface area (TPSA) is 29.3 Å². The van der Waals surface area contributed by atoms with Crippen molar-refractivity contribution in [3.05, 3.63) is 65.2 Å². The van der Waals surface area contributed by atoms with Crippen molar-refractivity contribution >= 4 is 5.69 Å². The zero-order valence-corrected chi connectivity index (χ0v) is 12.3. The lowest BCUT2D eigenvalue weighted by molar-refractivity contribution is 0.504. The van der Waals surface area contributed by atoms with Crippen molar-refractivity contribution in [2.75, 3.05) is 18.0 Å². The molecule has 2 aromatic rings. The second-order valence-electron chi connectivity index (χ2n) is 5.00. The van der Waals surface area contributed by atoms with Gasteiger partial charge in [0, 0.05) is 18.8 Å². The third-order valence-corrected chi connectivity index (χ3v) is 3.69. The molecule has 2 N–H and O–H groups in total. The first-order valence-electron chi connectivity index (χ1n) is 7.05. The maximum absolute atomic E-state index is 13.5. The highest BCUT2D eigenvalue weighted by Crippen LogP contribution is 2.29. The Morgan fingerprint density at radius 1 is 1.10 bits per heavy atom. The molecule has 0 aliphatic rings. The van der Waals surface area contributed by atoms with Crippen LogP contribution in [-0.4, -0.2) is 13.1 Å². The van der Waals surface area contributed by atoms with Gasteiger partial charge in [0.2, 0.25) is 0 Å². The van der Waals surface area contributed by atoms with E-state index >= 15 is 0 Å². The Labute approximate surface area is 124 Å². The van der Waals surface area contributed by atoms with Crippen LogP contribution in [0.5, 0.6) is 0 Å². The van der Waals surface area contributed by atoms with Gasteiger partial charge in [-0.25, -0.2) is 8.78 Å². The average Bonchev–Trinajstić information content (AvgIpc) is 2.49. The lowest BCUT2D eigenvalue weighted by Crippen LogP contribution is -2.34.